The van der Waals surface area contributed by atoms with Gasteiger partial charge in [-0.1, -0.05) is 59.6 Å². The number of benzene rings is 3. The topological polar surface area (TPSA) is 112 Å². The molecule has 1 fully saturated rings. The van der Waals surface area contributed by atoms with Crippen molar-refractivity contribution in [2.45, 2.75) is 22.8 Å². The van der Waals surface area contributed by atoms with Crippen molar-refractivity contribution >= 4 is 45.2 Å². The van der Waals surface area contributed by atoms with E-state index in [9.17, 15) is 28.2 Å². The first-order chi connectivity index (χ1) is 16.1. The minimum absolute atomic E-state index is 0.0562. The third kappa shape index (κ3) is 4.42. The van der Waals surface area contributed by atoms with Crippen molar-refractivity contribution in [1.29, 1.82) is 0 Å². The smallest absolute Gasteiger partial charge is 0.325 e. The summed E-state index contributed by atoms with van der Waals surface area (Å²) in [6.45, 7) is -0.988. The molecule has 34 heavy (non-hydrogen) atoms. The number of carbonyl (C=O) groups is 2. The predicted molar refractivity (Wildman–Crippen MR) is 128 cm³/mol. The van der Waals surface area contributed by atoms with Crippen molar-refractivity contribution in [2.75, 3.05) is 6.54 Å². The summed E-state index contributed by atoms with van der Waals surface area (Å²) in [6.07, 6.45) is -0.0562. The Morgan fingerprint density at radius 1 is 0.853 bits per heavy atom. The molecule has 2 atom stereocenters. The van der Waals surface area contributed by atoms with Crippen LogP contribution in [-0.2, 0) is 19.6 Å². The summed E-state index contributed by atoms with van der Waals surface area (Å²) in [5.41, 5.74) is 0.178. The first-order valence-corrected chi connectivity index (χ1v) is 12.3. The Bertz CT molecular complexity index is 1340. The Morgan fingerprint density at radius 2 is 1.32 bits per heavy atom. The number of carboxylic acids is 2. The molecule has 0 unspecified atom stereocenters. The number of sulfonamides is 1. The summed E-state index contributed by atoms with van der Waals surface area (Å²) in [6, 6.07) is 19.2. The summed E-state index contributed by atoms with van der Waals surface area (Å²) in [7, 11) is -4.47. The van der Waals surface area contributed by atoms with Gasteiger partial charge in [-0.2, -0.15) is 4.31 Å². The number of halogens is 2. The highest BCUT2D eigenvalue weighted by molar-refractivity contribution is 7.89. The van der Waals surface area contributed by atoms with E-state index < -0.39 is 40.0 Å². The normalized spacial score (nSPS) is 19.7. The maximum absolute atomic E-state index is 13.5. The summed E-state index contributed by atoms with van der Waals surface area (Å²) in [5.74, 6) is -3.58. The second kappa shape index (κ2) is 9.03. The molecular weight excluding hydrogens is 501 g/mol. The van der Waals surface area contributed by atoms with Crippen LogP contribution in [0.3, 0.4) is 0 Å². The molecule has 0 spiro atoms. The van der Waals surface area contributed by atoms with Gasteiger partial charge in [-0.05, 0) is 59.5 Å². The zero-order chi connectivity index (χ0) is 24.7. The maximum Gasteiger partial charge on any atom is 0.325 e. The lowest BCUT2D eigenvalue weighted by Crippen LogP contribution is -2.50. The Labute approximate surface area is 206 Å². The molecule has 10 heteroatoms. The minimum atomic E-state index is -4.47. The third-order valence-electron chi connectivity index (χ3n) is 5.92. The van der Waals surface area contributed by atoms with Crippen LogP contribution in [0.5, 0.6) is 0 Å². The van der Waals surface area contributed by atoms with Crippen molar-refractivity contribution in [3.05, 3.63) is 88.4 Å². The van der Waals surface area contributed by atoms with Gasteiger partial charge in [-0.15, -0.1) is 0 Å². The lowest BCUT2D eigenvalue weighted by atomic mass is 10.1. The number of hydrogen-bond acceptors (Lipinski definition) is 4. The molecule has 176 valence electrons. The molecule has 0 radical (unpaired) electrons. The molecule has 3 aromatic carbocycles. The third-order valence-corrected chi connectivity index (χ3v) is 8.33. The summed E-state index contributed by atoms with van der Waals surface area (Å²) in [5, 5.41) is 20.5. The van der Waals surface area contributed by atoms with Crippen molar-refractivity contribution in [3.8, 4) is 11.1 Å². The van der Waals surface area contributed by atoms with Crippen LogP contribution in [0.15, 0.2) is 77.7 Å². The van der Waals surface area contributed by atoms with Crippen LogP contribution < -0.4 is 0 Å². The van der Waals surface area contributed by atoms with E-state index in [2.05, 4.69) is 0 Å². The average Bonchev–Trinajstić information content (AvgIpc) is 3.55. The van der Waals surface area contributed by atoms with Crippen LogP contribution in [0, 0.1) is 0 Å². The number of rotatable bonds is 8. The number of hydrogen-bond donors (Lipinski definition) is 2. The molecule has 0 aromatic heterocycles. The lowest BCUT2D eigenvalue weighted by Gasteiger charge is -2.28. The molecular formula is C24H19Cl2NO6S. The molecule has 1 aliphatic carbocycles. The molecule has 0 saturated heterocycles. The monoisotopic (exact) mass is 519 g/mol. The van der Waals surface area contributed by atoms with Crippen LogP contribution in [-0.4, -0.2) is 47.0 Å². The van der Waals surface area contributed by atoms with E-state index in [4.69, 9.17) is 23.2 Å². The number of nitrogens with zero attached hydrogens (tertiary/aromatic N) is 1. The van der Waals surface area contributed by atoms with Gasteiger partial charge in [-0.25, -0.2) is 8.42 Å². The van der Waals surface area contributed by atoms with Gasteiger partial charge in [0.15, 0.2) is 0 Å². The van der Waals surface area contributed by atoms with Crippen molar-refractivity contribution in [1.82, 2.24) is 4.31 Å². The first-order valence-electron chi connectivity index (χ1n) is 10.2. The van der Waals surface area contributed by atoms with Gasteiger partial charge >= 0.3 is 11.9 Å². The van der Waals surface area contributed by atoms with Gasteiger partial charge < -0.3 is 10.2 Å². The van der Waals surface area contributed by atoms with E-state index in [0.717, 1.165) is 11.1 Å². The molecule has 0 bridgehead atoms. The lowest BCUT2D eigenvalue weighted by molar-refractivity contribution is -0.145. The fraction of sp³-hybridized carbons (Fsp3) is 0.167. The fourth-order valence-corrected chi connectivity index (χ4v) is 6.09. The highest BCUT2D eigenvalue weighted by Crippen LogP contribution is 2.57. The maximum atomic E-state index is 13.5. The molecule has 4 rings (SSSR count). The second-order valence-electron chi connectivity index (χ2n) is 7.97. The van der Waals surface area contributed by atoms with E-state index in [1.807, 2.05) is 0 Å². The van der Waals surface area contributed by atoms with Crippen LogP contribution in [0.2, 0.25) is 10.0 Å². The predicted octanol–water partition coefficient (Wildman–Crippen LogP) is 4.75. The van der Waals surface area contributed by atoms with Crippen LogP contribution >= 0.6 is 23.2 Å². The Kier molecular flexibility index (Phi) is 6.44. The molecule has 0 aliphatic heterocycles. The largest absolute Gasteiger partial charge is 0.480 e. The minimum Gasteiger partial charge on any atom is -0.480 e. The van der Waals surface area contributed by atoms with E-state index in [0.29, 0.717) is 19.9 Å². The molecule has 0 amide bonds. The Balaban J connectivity index is 1.72. The molecule has 1 saturated carbocycles. The zero-order valence-corrected chi connectivity index (χ0v) is 19.9. The Morgan fingerprint density at radius 3 is 1.79 bits per heavy atom. The quantitative estimate of drug-likeness (QED) is 0.444. The number of carboxylic acid groups (broad SMARTS) is 2. The highest BCUT2D eigenvalue weighted by Gasteiger charge is 2.68. The Hall–Kier alpha value is -2.91. The fourth-order valence-electron chi connectivity index (χ4n) is 4.11. The van der Waals surface area contributed by atoms with E-state index in [-0.39, 0.29) is 11.3 Å². The van der Waals surface area contributed by atoms with Gasteiger partial charge in [0.05, 0.1) is 4.90 Å². The van der Waals surface area contributed by atoms with E-state index in [1.54, 1.807) is 60.7 Å². The van der Waals surface area contributed by atoms with E-state index in [1.165, 1.54) is 12.1 Å². The standard InChI is InChI=1S/C24H19Cl2NO6S/c25-18-7-1-15(2-8-18)16-5-11-20(12-6-16)34(32,33)27(14-22(28)29)24(23(30)31)13-21(24)17-3-9-19(26)10-4-17/h1-12,21H,13-14H2,(H,28,29)(H,30,31)/t21-,24+/m0/s1. The van der Waals surface area contributed by atoms with Gasteiger partial charge in [0.25, 0.3) is 0 Å². The van der Waals surface area contributed by atoms with Crippen molar-refractivity contribution < 1.29 is 28.2 Å². The molecule has 7 nitrogen and oxygen atoms in total. The van der Waals surface area contributed by atoms with Gasteiger partial charge in [0.1, 0.15) is 12.1 Å². The number of aliphatic carboxylic acids is 2. The first kappa shape index (κ1) is 24.2. The van der Waals surface area contributed by atoms with Gasteiger partial charge in [0, 0.05) is 16.0 Å². The summed E-state index contributed by atoms with van der Waals surface area (Å²) >= 11 is 11.8. The van der Waals surface area contributed by atoms with Gasteiger partial charge in [0.2, 0.25) is 10.0 Å². The van der Waals surface area contributed by atoms with E-state index >= 15 is 0 Å². The molecule has 1 aliphatic rings. The highest BCUT2D eigenvalue weighted by atomic mass is 35.5. The molecule has 0 heterocycles. The summed E-state index contributed by atoms with van der Waals surface area (Å²) in [4.78, 5) is 23.8. The zero-order valence-electron chi connectivity index (χ0n) is 17.6. The van der Waals surface area contributed by atoms with Crippen LogP contribution in [0.25, 0.3) is 11.1 Å². The van der Waals surface area contributed by atoms with Crippen LogP contribution in [0.4, 0.5) is 0 Å². The second-order valence-corrected chi connectivity index (χ2v) is 10.7. The average molecular weight is 520 g/mol. The van der Waals surface area contributed by atoms with Crippen molar-refractivity contribution in [3.63, 3.8) is 0 Å². The van der Waals surface area contributed by atoms with Crippen LogP contribution in [0.1, 0.15) is 17.9 Å². The molecule has 3 aromatic rings. The van der Waals surface area contributed by atoms with Gasteiger partial charge in [-0.3, -0.25) is 9.59 Å². The van der Waals surface area contributed by atoms with Crippen molar-refractivity contribution in [2.24, 2.45) is 0 Å². The molecule has 2 N–H and O–H groups in total. The SMILES string of the molecule is O=C(O)CN([C@]1(C(=O)O)C[C@H]1c1ccc(Cl)cc1)S(=O)(=O)c1ccc(-c2ccc(Cl)cc2)cc1. The summed E-state index contributed by atoms with van der Waals surface area (Å²) < 4.78 is 27.7.